The summed E-state index contributed by atoms with van der Waals surface area (Å²) in [4.78, 5) is 15.6. The van der Waals surface area contributed by atoms with Crippen molar-refractivity contribution in [2.24, 2.45) is 0 Å². The summed E-state index contributed by atoms with van der Waals surface area (Å²) in [5.74, 6) is 1.27. The van der Waals surface area contributed by atoms with Gasteiger partial charge in [0.25, 0.3) is 5.91 Å². The number of anilines is 2. The average molecular weight is 277 g/mol. The fraction of sp³-hybridized carbons (Fsp3) is 0.500. The molecule has 4 nitrogen and oxygen atoms in total. The molecule has 0 saturated heterocycles. The first-order valence-corrected chi connectivity index (χ1v) is 7.86. The third-order valence-electron chi connectivity index (χ3n) is 3.61. The summed E-state index contributed by atoms with van der Waals surface area (Å²) in [5, 5.41) is 6.82. The number of nitrogens with one attached hydrogen (secondary N) is 2. The highest BCUT2D eigenvalue weighted by Gasteiger charge is 2.23. The van der Waals surface area contributed by atoms with Gasteiger partial charge in [-0.15, -0.1) is 11.8 Å². The third kappa shape index (κ3) is 2.39. The number of carbonyl (C=O) groups excluding carboxylic acids is 1. The SMILES string of the molecule is CCN1CCNc2cc3c(cc2C1=O)NCCCS3. The Morgan fingerprint density at radius 2 is 2.11 bits per heavy atom. The zero-order valence-electron chi connectivity index (χ0n) is 11.2. The first kappa shape index (κ1) is 12.7. The molecule has 0 bridgehead atoms. The molecule has 2 aliphatic rings. The standard InChI is InChI=1S/C14H19N3OS/c1-2-17-6-5-16-11-9-13-12(8-10(11)14(17)18)15-4-3-7-19-13/h8-9,15-16H,2-7H2,1H3. The second-order valence-electron chi connectivity index (χ2n) is 4.83. The van der Waals surface area contributed by atoms with Crippen LogP contribution in [0.15, 0.2) is 17.0 Å². The van der Waals surface area contributed by atoms with Gasteiger partial charge in [0.2, 0.25) is 0 Å². The molecule has 1 amide bonds. The van der Waals surface area contributed by atoms with E-state index in [1.165, 1.54) is 4.90 Å². The van der Waals surface area contributed by atoms with Crippen molar-refractivity contribution in [1.82, 2.24) is 4.90 Å². The van der Waals surface area contributed by atoms with E-state index < -0.39 is 0 Å². The van der Waals surface area contributed by atoms with Crippen molar-refractivity contribution >= 4 is 29.0 Å². The first-order valence-electron chi connectivity index (χ1n) is 6.87. The molecule has 3 rings (SSSR count). The summed E-state index contributed by atoms with van der Waals surface area (Å²) in [6.45, 7) is 5.37. The van der Waals surface area contributed by atoms with Crippen LogP contribution in [-0.2, 0) is 0 Å². The van der Waals surface area contributed by atoms with Crippen molar-refractivity contribution < 1.29 is 4.79 Å². The quantitative estimate of drug-likeness (QED) is 0.828. The third-order valence-corrected chi connectivity index (χ3v) is 4.75. The number of likely N-dealkylation sites (N-methyl/N-ethyl adjacent to an activating group) is 1. The van der Waals surface area contributed by atoms with Gasteiger partial charge in [-0.25, -0.2) is 0 Å². The zero-order valence-corrected chi connectivity index (χ0v) is 12.0. The minimum absolute atomic E-state index is 0.140. The fourth-order valence-corrected chi connectivity index (χ4v) is 3.53. The van der Waals surface area contributed by atoms with E-state index in [1.54, 1.807) is 0 Å². The van der Waals surface area contributed by atoms with E-state index in [9.17, 15) is 4.79 Å². The van der Waals surface area contributed by atoms with Crippen LogP contribution in [0, 0.1) is 0 Å². The van der Waals surface area contributed by atoms with Gasteiger partial charge in [0.05, 0.1) is 5.56 Å². The molecule has 2 N–H and O–H groups in total. The molecule has 1 aromatic rings. The summed E-state index contributed by atoms with van der Waals surface area (Å²) in [6, 6.07) is 4.15. The molecule has 0 fully saturated rings. The lowest BCUT2D eigenvalue weighted by atomic mass is 10.1. The van der Waals surface area contributed by atoms with Gasteiger partial charge in [0.1, 0.15) is 0 Å². The maximum Gasteiger partial charge on any atom is 0.256 e. The van der Waals surface area contributed by atoms with Gasteiger partial charge < -0.3 is 15.5 Å². The highest BCUT2D eigenvalue weighted by Crippen LogP contribution is 2.36. The van der Waals surface area contributed by atoms with E-state index in [0.29, 0.717) is 0 Å². The predicted molar refractivity (Wildman–Crippen MR) is 80.3 cm³/mol. The molecular weight excluding hydrogens is 258 g/mol. The van der Waals surface area contributed by atoms with Crippen LogP contribution in [0.3, 0.4) is 0 Å². The van der Waals surface area contributed by atoms with Crippen LogP contribution in [0.25, 0.3) is 0 Å². The summed E-state index contributed by atoms with van der Waals surface area (Å²) in [5.41, 5.74) is 2.89. The van der Waals surface area contributed by atoms with E-state index in [2.05, 4.69) is 16.7 Å². The number of nitrogens with zero attached hydrogens (tertiary/aromatic N) is 1. The highest BCUT2D eigenvalue weighted by molar-refractivity contribution is 7.99. The molecule has 0 atom stereocenters. The molecule has 2 heterocycles. The lowest BCUT2D eigenvalue weighted by molar-refractivity contribution is 0.0776. The van der Waals surface area contributed by atoms with E-state index in [4.69, 9.17) is 0 Å². The Morgan fingerprint density at radius 3 is 2.95 bits per heavy atom. The maximum absolute atomic E-state index is 12.5. The molecule has 0 spiro atoms. The zero-order chi connectivity index (χ0) is 13.2. The Labute approximate surface area is 117 Å². The number of rotatable bonds is 1. The molecule has 0 unspecified atom stereocenters. The number of amides is 1. The molecule has 0 aliphatic carbocycles. The van der Waals surface area contributed by atoms with Gasteiger partial charge in [0, 0.05) is 42.4 Å². The molecule has 102 valence electrons. The number of hydrogen-bond donors (Lipinski definition) is 2. The largest absolute Gasteiger partial charge is 0.384 e. The Kier molecular flexibility index (Phi) is 3.55. The highest BCUT2D eigenvalue weighted by atomic mass is 32.2. The van der Waals surface area contributed by atoms with E-state index in [1.807, 2.05) is 29.7 Å². The fourth-order valence-electron chi connectivity index (χ4n) is 2.54. The van der Waals surface area contributed by atoms with Crippen molar-refractivity contribution in [3.63, 3.8) is 0 Å². The van der Waals surface area contributed by atoms with Crippen LogP contribution < -0.4 is 10.6 Å². The molecule has 2 aliphatic heterocycles. The molecule has 0 aromatic heterocycles. The smallest absolute Gasteiger partial charge is 0.256 e. The Bertz CT molecular complexity index is 504. The Balaban J connectivity index is 2.03. The normalized spacial score (nSPS) is 18.6. The van der Waals surface area contributed by atoms with E-state index in [-0.39, 0.29) is 5.91 Å². The van der Waals surface area contributed by atoms with E-state index >= 15 is 0 Å². The lowest BCUT2D eigenvalue weighted by Gasteiger charge is -2.18. The molecular formula is C14H19N3OS. The van der Waals surface area contributed by atoms with Crippen LogP contribution in [0.5, 0.6) is 0 Å². The molecule has 5 heteroatoms. The number of carbonyl (C=O) groups is 1. The number of thioether (sulfide) groups is 1. The van der Waals surface area contributed by atoms with Crippen molar-refractivity contribution in [1.29, 1.82) is 0 Å². The number of benzene rings is 1. The van der Waals surface area contributed by atoms with E-state index in [0.717, 1.165) is 55.3 Å². The number of hydrogen-bond acceptors (Lipinski definition) is 4. The van der Waals surface area contributed by atoms with Crippen molar-refractivity contribution in [2.75, 3.05) is 42.6 Å². The summed E-state index contributed by atoms with van der Waals surface area (Å²) < 4.78 is 0. The summed E-state index contributed by atoms with van der Waals surface area (Å²) in [7, 11) is 0. The summed E-state index contributed by atoms with van der Waals surface area (Å²) >= 11 is 1.87. The second-order valence-corrected chi connectivity index (χ2v) is 5.97. The Morgan fingerprint density at radius 1 is 1.26 bits per heavy atom. The molecule has 0 radical (unpaired) electrons. The maximum atomic E-state index is 12.5. The topological polar surface area (TPSA) is 44.4 Å². The van der Waals surface area contributed by atoms with Gasteiger partial charge in [0.15, 0.2) is 0 Å². The molecule has 0 saturated carbocycles. The van der Waals surface area contributed by atoms with Crippen molar-refractivity contribution in [3.05, 3.63) is 17.7 Å². The average Bonchev–Trinajstić information content (AvgIpc) is 2.73. The van der Waals surface area contributed by atoms with Crippen LogP contribution in [-0.4, -0.2) is 42.7 Å². The van der Waals surface area contributed by atoms with Gasteiger partial charge in [-0.3, -0.25) is 4.79 Å². The van der Waals surface area contributed by atoms with Crippen molar-refractivity contribution in [2.45, 2.75) is 18.2 Å². The van der Waals surface area contributed by atoms with Crippen LogP contribution in [0.1, 0.15) is 23.7 Å². The second kappa shape index (κ2) is 5.33. The minimum atomic E-state index is 0.140. The van der Waals surface area contributed by atoms with Gasteiger partial charge in [-0.05, 0) is 31.2 Å². The van der Waals surface area contributed by atoms with Gasteiger partial charge >= 0.3 is 0 Å². The first-order chi connectivity index (χ1) is 9.29. The molecule has 19 heavy (non-hydrogen) atoms. The van der Waals surface area contributed by atoms with Crippen molar-refractivity contribution in [3.8, 4) is 0 Å². The van der Waals surface area contributed by atoms with Gasteiger partial charge in [-0.1, -0.05) is 0 Å². The Hall–Kier alpha value is -1.36. The monoisotopic (exact) mass is 277 g/mol. The predicted octanol–water partition coefficient (Wildman–Crippen LogP) is 2.48. The minimum Gasteiger partial charge on any atom is -0.384 e. The molecule has 1 aromatic carbocycles. The lowest BCUT2D eigenvalue weighted by Crippen LogP contribution is -2.32. The van der Waals surface area contributed by atoms with Crippen LogP contribution >= 0.6 is 11.8 Å². The van der Waals surface area contributed by atoms with Crippen LogP contribution in [0.2, 0.25) is 0 Å². The summed E-state index contributed by atoms with van der Waals surface area (Å²) in [6.07, 6.45) is 1.16. The number of fused-ring (bicyclic) bond motifs is 2. The van der Waals surface area contributed by atoms with Gasteiger partial charge in [-0.2, -0.15) is 0 Å². The van der Waals surface area contributed by atoms with Crippen LogP contribution in [0.4, 0.5) is 11.4 Å².